The molecule has 4 aromatic rings. The quantitative estimate of drug-likeness (QED) is 0.383. The lowest BCUT2D eigenvalue weighted by atomic mass is 9.72. The summed E-state index contributed by atoms with van der Waals surface area (Å²) < 4.78 is 42.5. The third-order valence-corrected chi connectivity index (χ3v) is 5.84. The molecule has 3 aromatic heterocycles. The minimum atomic E-state index is -4.90. The van der Waals surface area contributed by atoms with Crippen LogP contribution in [0.3, 0.4) is 0 Å². The van der Waals surface area contributed by atoms with Gasteiger partial charge < -0.3 is 15.2 Å². The van der Waals surface area contributed by atoms with Crippen LogP contribution >= 0.6 is 0 Å². The van der Waals surface area contributed by atoms with Crippen molar-refractivity contribution in [3.63, 3.8) is 0 Å². The Kier molecular flexibility index (Phi) is 5.61. The molecule has 1 unspecified atom stereocenters. The van der Waals surface area contributed by atoms with Crippen molar-refractivity contribution >= 4 is 10.9 Å². The summed E-state index contributed by atoms with van der Waals surface area (Å²) in [6.07, 6.45) is 1.37. The summed E-state index contributed by atoms with van der Waals surface area (Å²) in [5.41, 5.74) is -1.79. The van der Waals surface area contributed by atoms with Gasteiger partial charge in [0.1, 0.15) is 12.1 Å². The molecule has 172 valence electrons. The number of nitrogens with one attached hydrogen (secondary N) is 1. The SMILES string of the molecule is CC(C)(CC(O)(Cc1cc2cnccc2[nH]1)C(F)(F)F)c1cc(-c2cncnc2)ccc1O. The highest BCUT2D eigenvalue weighted by Crippen LogP contribution is 2.45. The highest BCUT2D eigenvalue weighted by Gasteiger charge is 2.56. The molecule has 9 heteroatoms. The number of alkyl halides is 3. The molecule has 0 saturated carbocycles. The number of aromatic hydroxyl groups is 1. The molecular formula is C24H23F3N4O2. The highest BCUT2D eigenvalue weighted by molar-refractivity contribution is 5.79. The standard InChI is InChI=1S/C24H23F3N4O2/c1-22(2,19-8-15(3-4-21(19)32)17-11-29-14-30-12-17)13-23(33,24(25,26)27)9-18-7-16-10-28-6-5-20(16)31-18/h3-8,10-12,14,31-33H,9,13H2,1-2H3. The van der Waals surface area contributed by atoms with Gasteiger partial charge in [-0.1, -0.05) is 19.9 Å². The van der Waals surface area contributed by atoms with E-state index in [1.807, 2.05) is 0 Å². The molecule has 0 aliphatic rings. The fraction of sp³-hybridized carbons (Fsp3) is 0.292. The van der Waals surface area contributed by atoms with Gasteiger partial charge in [0.15, 0.2) is 5.60 Å². The summed E-state index contributed by atoms with van der Waals surface area (Å²) in [5, 5.41) is 22.1. The smallest absolute Gasteiger partial charge is 0.417 e. The molecule has 1 atom stereocenters. The minimum absolute atomic E-state index is 0.151. The summed E-state index contributed by atoms with van der Waals surface area (Å²) in [5.74, 6) is -0.151. The van der Waals surface area contributed by atoms with Gasteiger partial charge >= 0.3 is 6.18 Å². The second kappa shape index (κ2) is 8.15. The van der Waals surface area contributed by atoms with Crippen LogP contribution in [0.2, 0.25) is 0 Å². The van der Waals surface area contributed by atoms with Crippen molar-refractivity contribution in [3.05, 3.63) is 72.7 Å². The maximum absolute atomic E-state index is 14.2. The van der Waals surface area contributed by atoms with Crippen molar-refractivity contribution < 1.29 is 23.4 Å². The summed E-state index contributed by atoms with van der Waals surface area (Å²) in [6, 6.07) is 7.89. The molecule has 3 N–H and O–H groups in total. The third-order valence-electron chi connectivity index (χ3n) is 5.84. The van der Waals surface area contributed by atoms with Crippen LogP contribution in [-0.4, -0.2) is 41.9 Å². The molecule has 0 saturated heterocycles. The first-order chi connectivity index (χ1) is 15.5. The van der Waals surface area contributed by atoms with E-state index < -0.39 is 30.0 Å². The van der Waals surface area contributed by atoms with E-state index >= 15 is 0 Å². The van der Waals surface area contributed by atoms with Crippen molar-refractivity contribution in [1.82, 2.24) is 19.9 Å². The molecule has 4 rings (SSSR count). The lowest BCUT2D eigenvalue weighted by Gasteiger charge is -2.38. The topological polar surface area (TPSA) is 94.9 Å². The fourth-order valence-corrected chi connectivity index (χ4v) is 4.24. The number of rotatable bonds is 6. The number of H-pyrrole nitrogens is 1. The summed E-state index contributed by atoms with van der Waals surface area (Å²) in [7, 11) is 0. The van der Waals surface area contributed by atoms with Crippen LogP contribution in [0.4, 0.5) is 13.2 Å². The number of nitrogens with zero attached hydrogens (tertiary/aromatic N) is 3. The largest absolute Gasteiger partial charge is 0.508 e. The molecule has 33 heavy (non-hydrogen) atoms. The van der Waals surface area contributed by atoms with Crippen LogP contribution in [0.1, 0.15) is 31.5 Å². The van der Waals surface area contributed by atoms with Crippen LogP contribution in [0.25, 0.3) is 22.0 Å². The lowest BCUT2D eigenvalue weighted by molar-refractivity contribution is -0.266. The normalized spacial score (nSPS) is 14.4. The van der Waals surface area contributed by atoms with Crippen LogP contribution in [0.15, 0.2) is 61.4 Å². The van der Waals surface area contributed by atoms with Gasteiger partial charge in [-0.05, 0) is 41.7 Å². The summed E-state index contributed by atoms with van der Waals surface area (Å²) >= 11 is 0. The minimum Gasteiger partial charge on any atom is -0.508 e. The highest BCUT2D eigenvalue weighted by atomic mass is 19.4. The van der Waals surface area contributed by atoms with Gasteiger partial charge in [0, 0.05) is 58.9 Å². The zero-order chi connectivity index (χ0) is 23.9. The van der Waals surface area contributed by atoms with Crippen LogP contribution in [0, 0.1) is 0 Å². The van der Waals surface area contributed by atoms with Crippen molar-refractivity contribution in [1.29, 1.82) is 0 Å². The lowest BCUT2D eigenvalue weighted by Crippen LogP contribution is -2.50. The first kappa shape index (κ1) is 22.7. The molecule has 0 spiro atoms. The van der Waals surface area contributed by atoms with Gasteiger partial charge in [0.25, 0.3) is 0 Å². The Morgan fingerprint density at radius 1 is 0.939 bits per heavy atom. The van der Waals surface area contributed by atoms with Gasteiger partial charge in [-0.2, -0.15) is 13.2 Å². The van der Waals surface area contributed by atoms with E-state index in [1.54, 1.807) is 56.7 Å². The summed E-state index contributed by atoms with van der Waals surface area (Å²) in [4.78, 5) is 14.8. The van der Waals surface area contributed by atoms with Crippen molar-refractivity contribution in [2.45, 2.75) is 43.9 Å². The number of hydrogen-bond donors (Lipinski definition) is 3. The monoisotopic (exact) mass is 456 g/mol. The van der Waals surface area contributed by atoms with Crippen LogP contribution in [-0.2, 0) is 11.8 Å². The second-order valence-electron chi connectivity index (χ2n) is 8.88. The number of halogens is 3. The number of benzene rings is 1. The molecule has 0 aliphatic heterocycles. The first-order valence-corrected chi connectivity index (χ1v) is 10.3. The van der Waals surface area contributed by atoms with Gasteiger partial charge in [-0.15, -0.1) is 0 Å². The number of aromatic nitrogens is 4. The molecule has 6 nitrogen and oxygen atoms in total. The van der Waals surface area contributed by atoms with E-state index in [0.717, 1.165) is 0 Å². The van der Waals surface area contributed by atoms with E-state index in [4.69, 9.17) is 0 Å². The molecular weight excluding hydrogens is 433 g/mol. The maximum Gasteiger partial charge on any atom is 0.417 e. The summed E-state index contributed by atoms with van der Waals surface area (Å²) in [6.45, 7) is 3.14. The molecule has 1 aromatic carbocycles. The molecule has 0 radical (unpaired) electrons. The van der Waals surface area contributed by atoms with E-state index in [-0.39, 0.29) is 17.0 Å². The number of aromatic amines is 1. The number of phenols is 1. The van der Waals surface area contributed by atoms with E-state index in [1.165, 1.54) is 18.6 Å². The second-order valence-corrected chi connectivity index (χ2v) is 8.88. The van der Waals surface area contributed by atoms with E-state index in [9.17, 15) is 23.4 Å². The Hall–Kier alpha value is -3.46. The average Bonchev–Trinajstić information content (AvgIpc) is 3.15. The van der Waals surface area contributed by atoms with Crippen molar-refractivity contribution in [2.75, 3.05) is 0 Å². The number of fused-ring (bicyclic) bond motifs is 1. The first-order valence-electron chi connectivity index (χ1n) is 10.3. The Morgan fingerprint density at radius 2 is 1.67 bits per heavy atom. The van der Waals surface area contributed by atoms with Gasteiger partial charge in [-0.3, -0.25) is 4.98 Å². The molecule has 0 bridgehead atoms. The Balaban J connectivity index is 1.70. The molecule has 0 fully saturated rings. The average molecular weight is 456 g/mol. The number of phenolic OH excluding ortho intramolecular Hbond substituents is 1. The van der Waals surface area contributed by atoms with Crippen molar-refractivity contribution in [3.8, 4) is 16.9 Å². The Labute approximate surface area is 188 Å². The molecule has 0 aliphatic carbocycles. The van der Waals surface area contributed by atoms with E-state index in [2.05, 4.69) is 19.9 Å². The predicted molar refractivity (Wildman–Crippen MR) is 118 cm³/mol. The molecule has 3 heterocycles. The third kappa shape index (κ3) is 4.54. The Morgan fingerprint density at radius 3 is 2.33 bits per heavy atom. The molecule has 0 amide bonds. The number of aliphatic hydroxyl groups is 1. The zero-order valence-corrected chi connectivity index (χ0v) is 18.1. The number of hydrogen-bond acceptors (Lipinski definition) is 5. The van der Waals surface area contributed by atoms with Gasteiger partial charge in [-0.25, -0.2) is 9.97 Å². The fourth-order valence-electron chi connectivity index (χ4n) is 4.24. The van der Waals surface area contributed by atoms with Gasteiger partial charge in [0.05, 0.1) is 0 Å². The van der Waals surface area contributed by atoms with Crippen LogP contribution < -0.4 is 0 Å². The number of pyridine rings is 1. The van der Waals surface area contributed by atoms with Gasteiger partial charge in [0.2, 0.25) is 0 Å². The van der Waals surface area contributed by atoms with Crippen molar-refractivity contribution in [2.24, 2.45) is 0 Å². The van der Waals surface area contributed by atoms with E-state index in [0.29, 0.717) is 22.0 Å². The Bertz CT molecular complexity index is 1240. The zero-order valence-electron chi connectivity index (χ0n) is 18.1. The predicted octanol–water partition coefficient (Wildman–Crippen LogP) is 4.93. The maximum atomic E-state index is 14.2. The van der Waals surface area contributed by atoms with Crippen LogP contribution in [0.5, 0.6) is 5.75 Å².